The van der Waals surface area contributed by atoms with Crippen LogP contribution >= 0.6 is 0 Å². The molecule has 2 N–H and O–H groups in total. The number of methoxy groups -OCH3 is 1. The first-order valence-electron chi connectivity index (χ1n) is 9.90. The van der Waals surface area contributed by atoms with E-state index in [1.807, 2.05) is 38.1 Å². The fourth-order valence-corrected chi connectivity index (χ4v) is 3.93. The van der Waals surface area contributed by atoms with Gasteiger partial charge >= 0.3 is 5.97 Å². The summed E-state index contributed by atoms with van der Waals surface area (Å²) in [5, 5.41) is 0. The summed E-state index contributed by atoms with van der Waals surface area (Å²) in [4.78, 5) is 14.9. The highest BCUT2D eigenvalue weighted by atomic mass is 16.5. The van der Waals surface area contributed by atoms with E-state index in [1.165, 1.54) is 7.11 Å². The number of nitrogens with zero attached hydrogens (tertiary/aromatic N) is 1. The molecule has 28 heavy (non-hydrogen) atoms. The van der Waals surface area contributed by atoms with Crippen molar-refractivity contribution in [3.8, 4) is 11.1 Å². The van der Waals surface area contributed by atoms with Gasteiger partial charge < -0.3 is 20.1 Å². The number of aryl methyl sites for hydroxylation is 1. The summed E-state index contributed by atoms with van der Waals surface area (Å²) in [7, 11) is 1.42. The number of hydrogen-bond acceptors (Lipinski definition) is 5. The van der Waals surface area contributed by atoms with Crippen LogP contribution in [0.3, 0.4) is 0 Å². The average Bonchev–Trinajstić information content (AvgIpc) is 2.72. The second-order valence-corrected chi connectivity index (χ2v) is 7.36. The van der Waals surface area contributed by atoms with Gasteiger partial charge in [-0.2, -0.15) is 0 Å². The van der Waals surface area contributed by atoms with Gasteiger partial charge in [0.1, 0.15) is 0 Å². The number of hydrogen-bond donors (Lipinski definition) is 1. The minimum atomic E-state index is -0.316. The summed E-state index contributed by atoms with van der Waals surface area (Å²) in [5.74, 6) is -0.316. The third kappa shape index (κ3) is 3.99. The van der Waals surface area contributed by atoms with E-state index in [0.29, 0.717) is 11.6 Å². The third-order valence-electron chi connectivity index (χ3n) is 5.68. The minimum Gasteiger partial charge on any atom is -0.465 e. The standard InChI is InChI=1S/C23H30N2O3/c1-5-25(19-8-10-28-11-9-19)22-14-18(12-20(16(22)3)23(26)27-4)17-7-6-15(2)21(24)13-17/h6-7,12-14,19H,5,8-11,24H2,1-4H3. The van der Waals surface area contributed by atoms with Crippen molar-refractivity contribution in [3.63, 3.8) is 0 Å². The van der Waals surface area contributed by atoms with Crippen molar-refractivity contribution < 1.29 is 14.3 Å². The van der Waals surface area contributed by atoms with Gasteiger partial charge in [0, 0.05) is 37.2 Å². The smallest absolute Gasteiger partial charge is 0.338 e. The lowest BCUT2D eigenvalue weighted by molar-refractivity contribution is 0.0599. The maximum Gasteiger partial charge on any atom is 0.338 e. The maximum atomic E-state index is 12.5. The molecule has 0 aliphatic carbocycles. The topological polar surface area (TPSA) is 64.8 Å². The predicted molar refractivity (Wildman–Crippen MR) is 114 cm³/mol. The van der Waals surface area contributed by atoms with E-state index < -0.39 is 0 Å². The molecule has 3 rings (SSSR count). The average molecular weight is 383 g/mol. The summed E-state index contributed by atoms with van der Waals surface area (Å²) in [6.07, 6.45) is 1.98. The lowest BCUT2D eigenvalue weighted by Crippen LogP contribution is -2.40. The lowest BCUT2D eigenvalue weighted by atomic mass is 9.95. The zero-order valence-corrected chi connectivity index (χ0v) is 17.2. The Morgan fingerprint density at radius 2 is 1.89 bits per heavy atom. The molecule has 0 bridgehead atoms. The van der Waals surface area contributed by atoms with E-state index in [1.54, 1.807) is 0 Å². The van der Waals surface area contributed by atoms with Crippen LogP contribution in [0, 0.1) is 13.8 Å². The molecule has 1 saturated heterocycles. The Kier molecular flexibility index (Phi) is 6.25. The third-order valence-corrected chi connectivity index (χ3v) is 5.68. The molecule has 1 aliphatic heterocycles. The van der Waals surface area contributed by atoms with Gasteiger partial charge in [0.05, 0.1) is 12.7 Å². The van der Waals surface area contributed by atoms with E-state index in [2.05, 4.69) is 17.9 Å². The Morgan fingerprint density at radius 3 is 2.50 bits per heavy atom. The van der Waals surface area contributed by atoms with Crippen LogP contribution in [0.25, 0.3) is 11.1 Å². The van der Waals surface area contributed by atoms with Crippen LogP contribution in [0.1, 0.15) is 41.3 Å². The summed E-state index contributed by atoms with van der Waals surface area (Å²) < 4.78 is 10.6. The molecule has 1 heterocycles. The van der Waals surface area contributed by atoms with Crippen molar-refractivity contribution in [2.45, 2.75) is 39.7 Å². The zero-order chi connectivity index (χ0) is 20.3. The van der Waals surface area contributed by atoms with Gasteiger partial charge in [0.2, 0.25) is 0 Å². The van der Waals surface area contributed by atoms with Crippen LogP contribution in [-0.4, -0.2) is 38.9 Å². The number of rotatable bonds is 5. The van der Waals surface area contributed by atoms with Gasteiger partial charge in [-0.25, -0.2) is 4.79 Å². The van der Waals surface area contributed by atoms with E-state index >= 15 is 0 Å². The predicted octanol–water partition coefficient (Wildman–Crippen LogP) is 4.34. The van der Waals surface area contributed by atoms with Crippen LogP contribution in [0.5, 0.6) is 0 Å². The molecule has 0 amide bonds. The number of benzene rings is 2. The van der Waals surface area contributed by atoms with Crippen molar-refractivity contribution >= 4 is 17.3 Å². The van der Waals surface area contributed by atoms with E-state index in [-0.39, 0.29) is 5.97 Å². The Bertz CT molecular complexity index is 857. The number of nitrogens with two attached hydrogens (primary N) is 1. The molecule has 0 aromatic heterocycles. The summed E-state index contributed by atoms with van der Waals surface area (Å²) >= 11 is 0. The van der Waals surface area contributed by atoms with E-state index in [9.17, 15) is 4.79 Å². The van der Waals surface area contributed by atoms with Gasteiger partial charge in [-0.05, 0) is 74.1 Å². The first-order valence-corrected chi connectivity index (χ1v) is 9.90. The molecule has 0 radical (unpaired) electrons. The first-order chi connectivity index (χ1) is 13.5. The Morgan fingerprint density at radius 1 is 1.18 bits per heavy atom. The van der Waals surface area contributed by atoms with Gasteiger partial charge in [-0.3, -0.25) is 0 Å². The molecular weight excluding hydrogens is 352 g/mol. The molecule has 150 valence electrons. The van der Waals surface area contributed by atoms with Gasteiger partial charge in [-0.1, -0.05) is 12.1 Å². The van der Waals surface area contributed by atoms with Gasteiger partial charge in [0.15, 0.2) is 0 Å². The van der Waals surface area contributed by atoms with Crippen molar-refractivity contribution in [1.82, 2.24) is 0 Å². The fourth-order valence-electron chi connectivity index (χ4n) is 3.93. The molecule has 2 aromatic rings. The maximum absolute atomic E-state index is 12.5. The van der Waals surface area contributed by atoms with Crippen LogP contribution in [0.15, 0.2) is 30.3 Å². The van der Waals surface area contributed by atoms with Crippen LogP contribution in [-0.2, 0) is 9.47 Å². The van der Waals surface area contributed by atoms with Crippen LogP contribution in [0.2, 0.25) is 0 Å². The summed E-state index contributed by atoms with van der Waals surface area (Å²) in [6.45, 7) is 8.56. The van der Waals surface area contributed by atoms with Crippen LogP contribution in [0.4, 0.5) is 11.4 Å². The zero-order valence-electron chi connectivity index (χ0n) is 17.2. The Labute approximate surface area is 167 Å². The highest BCUT2D eigenvalue weighted by molar-refractivity contribution is 5.95. The molecular formula is C23H30N2O3. The molecule has 0 unspecified atom stereocenters. The largest absolute Gasteiger partial charge is 0.465 e. The highest BCUT2D eigenvalue weighted by Gasteiger charge is 2.25. The molecule has 0 saturated carbocycles. The molecule has 1 fully saturated rings. The van der Waals surface area contributed by atoms with E-state index in [4.69, 9.17) is 15.2 Å². The second-order valence-electron chi connectivity index (χ2n) is 7.36. The quantitative estimate of drug-likeness (QED) is 0.615. The summed E-state index contributed by atoms with van der Waals surface area (Å²) in [6, 6.07) is 10.5. The first kappa shape index (κ1) is 20.2. The number of carbonyl (C=O) groups excluding carboxylic acids is 1. The van der Waals surface area contributed by atoms with Crippen LogP contribution < -0.4 is 10.6 Å². The normalized spacial score (nSPS) is 14.7. The Hall–Kier alpha value is -2.53. The van der Waals surface area contributed by atoms with Crippen molar-refractivity contribution in [2.24, 2.45) is 0 Å². The number of esters is 1. The second kappa shape index (κ2) is 8.65. The molecule has 5 heteroatoms. The number of ether oxygens (including phenoxy) is 2. The monoisotopic (exact) mass is 382 g/mol. The highest BCUT2D eigenvalue weighted by Crippen LogP contribution is 2.34. The Balaban J connectivity index is 2.14. The van der Waals surface area contributed by atoms with Crippen molar-refractivity contribution in [3.05, 3.63) is 47.0 Å². The minimum absolute atomic E-state index is 0.316. The van der Waals surface area contributed by atoms with Gasteiger partial charge in [-0.15, -0.1) is 0 Å². The van der Waals surface area contributed by atoms with E-state index in [0.717, 1.165) is 66.2 Å². The SMILES string of the molecule is CCN(c1cc(-c2ccc(C)c(N)c2)cc(C(=O)OC)c1C)C1CCOCC1. The molecule has 2 aromatic carbocycles. The van der Waals surface area contributed by atoms with Crippen molar-refractivity contribution in [1.29, 1.82) is 0 Å². The van der Waals surface area contributed by atoms with Gasteiger partial charge in [0.25, 0.3) is 0 Å². The number of carbonyl (C=O) groups is 1. The van der Waals surface area contributed by atoms with Crippen molar-refractivity contribution in [2.75, 3.05) is 37.5 Å². The summed E-state index contributed by atoms with van der Waals surface area (Å²) in [5.41, 5.74) is 12.5. The lowest BCUT2D eigenvalue weighted by Gasteiger charge is -2.37. The molecule has 0 spiro atoms. The molecule has 5 nitrogen and oxygen atoms in total. The fraction of sp³-hybridized carbons (Fsp3) is 0.435. The molecule has 0 atom stereocenters. The number of nitrogen functional groups attached to an aromatic ring is 1. The number of anilines is 2. The molecule has 1 aliphatic rings.